The molecule has 4 nitrogen and oxygen atoms in total. The summed E-state index contributed by atoms with van der Waals surface area (Å²) in [5, 5.41) is 7.47. The predicted molar refractivity (Wildman–Crippen MR) is 61.8 cm³/mol. The number of rotatable bonds is 6. The lowest BCUT2D eigenvalue weighted by Crippen LogP contribution is -2.22. The van der Waals surface area contributed by atoms with Gasteiger partial charge in [-0.2, -0.15) is 5.10 Å². The van der Waals surface area contributed by atoms with Crippen LogP contribution in [0.4, 0.5) is 0 Å². The Balaban J connectivity index is 2.65. The van der Waals surface area contributed by atoms with Crippen molar-refractivity contribution in [2.45, 2.75) is 39.7 Å². The van der Waals surface area contributed by atoms with E-state index >= 15 is 0 Å². The average Bonchev–Trinajstić information content (AvgIpc) is 2.65. The quantitative estimate of drug-likeness (QED) is 0.776. The molecule has 1 aromatic heterocycles. The van der Waals surface area contributed by atoms with E-state index in [4.69, 9.17) is 0 Å². The van der Waals surface area contributed by atoms with Crippen molar-refractivity contribution in [2.24, 2.45) is 5.92 Å². The van der Waals surface area contributed by atoms with Crippen LogP contribution in [0.2, 0.25) is 0 Å². The molecular weight excluding hydrogens is 188 g/mol. The summed E-state index contributed by atoms with van der Waals surface area (Å²) in [7, 11) is 2.00. The molecule has 1 rings (SSSR count). The Labute approximate surface area is 92.1 Å². The van der Waals surface area contributed by atoms with Gasteiger partial charge in [-0.15, -0.1) is 0 Å². The Bertz CT molecular complexity index is 280. The van der Waals surface area contributed by atoms with Crippen LogP contribution < -0.4 is 5.32 Å². The molecule has 0 bridgehead atoms. The third kappa shape index (κ3) is 3.30. The highest BCUT2D eigenvalue weighted by molar-refractivity contribution is 4.89. The van der Waals surface area contributed by atoms with Gasteiger partial charge in [0.15, 0.2) is 0 Å². The highest BCUT2D eigenvalue weighted by Crippen LogP contribution is 2.12. The maximum atomic E-state index is 4.33. The molecule has 1 heterocycles. The zero-order valence-corrected chi connectivity index (χ0v) is 10.2. The van der Waals surface area contributed by atoms with E-state index in [1.54, 1.807) is 6.33 Å². The first-order valence-electron chi connectivity index (χ1n) is 5.72. The van der Waals surface area contributed by atoms with Crippen LogP contribution in [-0.2, 0) is 6.42 Å². The summed E-state index contributed by atoms with van der Waals surface area (Å²) in [5.74, 6) is 1.75. The normalized spacial score (nSPS) is 13.4. The molecule has 1 atom stereocenters. The smallest absolute Gasteiger partial charge is 0.138 e. The van der Waals surface area contributed by atoms with Crippen molar-refractivity contribution in [1.29, 1.82) is 0 Å². The number of nitrogens with zero attached hydrogens (tertiary/aromatic N) is 3. The minimum Gasteiger partial charge on any atom is -0.319 e. The molecule has 1 N–H and O–H groups in total. The number of aromatic nitrogens is 3. The summed E-state index contributed by atoms with van der Waals surface area (Å²) in [6.45, 7) is 7.54. The molecule has 0 aliphatic heterocycles. The molecule has 1 unspecified atom stereocenters. The summed E-state index contributed by atoms with van der Waals surface area (Å²) in [6.07, 6.45) is 3.84. The van der Waals surface area contributed by atoms with Gasteiger partial charge in [0, 0.05) is 12.5 Å². The number of hydrogen-bond acceptors (Lipinski definition) is 3. The van der Waals surface area contributed by atoms with Crippen molar-refractivity contribution < 1.29 is 0 Å². The largest absolute Gasteiger partial charge is 0.319 e. The first-order chi connectivity index (χ1) is 7.19. The van der Waals surface area contributed by atoms with Gasteiger partial charge >= 0.3 is 0 Å². The lowest BCUT2D eigenvalue weighted by molar-refractivity contribution is 0.434. The zero-order valence-electron chi connectivity index (χ0n) is 10.2. The van der Waals surface area contributed by atoms with Crippen LogP contribution in [0.5, 0.6) is 0 Å². The molecule has 86 valence electrons. The van der Waals surface area contributed by atoms with Gasteiger partial charge < -0.3 is 5.32 Å². The van der Waals surface area contributed by atoms with Crippen molar-refractivity contribution in [3.63, 3.8) is 0 Å². The fourth-order valence-electron chi connectivity index (χ4n) is 1.76. The van der Waals surface area contributed by atoms with E-state index in [0.29, 0.717) is 12.0 Å². The topological polar surface area (TPSA) is 42.7 Å². The highest BCUT2D eigenvalue weighted by Gasteiger charge is 2.13. The Morgan fingerprint density at radius 3 is 2.73 bits per heavy atom. The minimum atomic E-state index is 0.398. The average molecular weight is 210 g/mol. The van der Waals surface area contributed by atoms with Gasteiger partial charge in [0.1, 0.15) is 12.2 Å². The van der Waals surface area contributed by atoms with E-state index in [-0.39, 0.29) is 0 Å². The number of nitrogens with one attached hydrogen (secondary N) is 1. The van der Waals surface area contributed by atoms with E-state index in [1.807, 2.05) is 11.7 Å². The lowest BCUT2D eigenvalue weighted by Gasteiger charge is -2.15. The molecule has 0 aromatic carbocycles. The molecule has 0 radical (unpaired) electrons. The van der Waals surface area contributed by atoms with E-state index < -0.39 is 0 Å². The predicted octanol–water partition coefficient (Wildman–Crippen LogP) is 1.65. The standard InChI is InChI=1S/C11H22N4/c1-5-10(7-12-4)6-11-13-8-14-15(11)9(2)3/h8-10,12H,5-7H2,1-4H3. The van der Waals surface area contributed by atoms with Crippen molar-refractivity contribution in [3.05, 3.63) is 12.2 Å². The van der Waals surface area contributed by atoms with Crippen LogP contribution >= 0.6 is 0 Å². The highest BCUT2D eigenvalue weighted by atomic mass is 15.3. The van der Waals surface area contributed by atoms with Crippen molar-refractivity contribution in [3.8, 4) is 0 Å². The second kappa shape index (κ2) is 5.85. The Morgan fingerprint density at radius 2 is 2.20 bits per heavy atom. The summed E-state index contributed by atoms with van der Waals surface area (Å²) in [5.41, 5.74) is 0. The van der Waals surface area contributed by atoms with E-state index in [1.165, 1.54) is 6.42 Å². The van der Waals surface area contributed by atoms with Crippen LogP contribution in [0, 0.1) is 5.92 Å². The third-order valence-corrected chi connectivity index (χ3v) is 2.68. The Morgan fingerprint density at radius 1 is 1.47 bits per heavy atom. The van der Waals surface area contributed by atoms with Crippen LogP contribution in [0.25, 0.3) is 0 Å². The minimum absolute atomic E-state index is 0.398. The molecule has 0 aliphatic rings. The molecule has 1 aromatic rings. The van der Waals surface area contributed by atoms with Gasteiger partial charge in [-0.1, -0.05) is 13.3 Å². The molecular formula is C11H22N4. The zero-order chi connectivity index (χ0) is 11.3. The molecule has 0 spiro atoms. The molecule has 0 aliphatic carbocycles. The van der Waals surface area contributed by atoms with Crippen molar-refractivity contribution >= 4 is 0 Å². The Kier molecular flexibility index (Phi) is 4.75. The maximum absolute atomic E-state index is 4.33. The SMILES string of the molecule is CCC(CNC)Cc1ncnn1C(C)C. The van der Waals surface area contributed by atoms with Gasteiger partial charge in [0.05, 0.1) is 0 Å². The molecule has 0 saturated heterocycles. The molecule has 4 heteroatoms. The molecule has 0 fully saturated rings. The fourth-order valence-corrected chi connectivity index (χ4v) is 1.76. The van der Waals surface area contributed by atoms with E-state index in [2.05, 4.69) is 36.2 Å². The number of hydrogen-bond donors (Lipinski definition) is 1. The monoisotopic (exact) mass is 210 g/mol. The van der Waals surface area contributed by atoms with Gasteiger partial charge in [-0.05, 0) is 33.4 Å². The second-order valence-electron chi connectivity index (χ2n) is 4.25. The summed E-state index contributed by atoms with van der Waals surface area (Å²) in [4.78, 5) is 4.33. The van der Waals surface area contributed by atoms with Gasteiger partial charge in [0.2, 0.25) is 0 Å². The van der Waals surface area contributed by atoms with Crippen LogP contribution in [0.3, 0.4) is 0 Å². The third-order valence-electron chi connectivity index (χ3n) is 2.68. The van der Waals surface area contributed by atoms with Crippen molar-refractivity contribution in [1.82, 2.24) is 20.1 Å². The van der Waals surface area contributed by atoms with Crippen molar-refractivity contribution in [2.75, 3.05) is 13.6 Å². The van der Waals surface area contributed by atoms with Gasteiger partial charge in [-0.25, -0.2) is 9.67 Å². The van der Waals surface area contributed by atoms with Crippen LogP contribution in [0.15, 0.2) is 6.33 Å². The maximum Gasteiger partial charge on any atom is 0.138 e. The molecule has 0 saturated carbocycles. The van der Waals surface area contributed by atoms with Crippen LogP contribution in [-0.4, -0.2) is 28.4 Å². The van der Waals surface area contributed by atoms with E-state index in [0.717, 1.165) is 18.8 Å². The second-order valence-corrected chi connectivity index (χ2v) is 4.25. The summed E-state index contributed by atoms with van der Waals surface area (Å²) < 4.78 is 2.01. The van der Waals surface area contributed by atoms with Gasteiger partial charge in [0.25, 0.3) is 0 Å². The van der Waals surface area contributed by atoms with Gasteiger partial charge in [-0.3, -0.25) is 0 Å². The van der Waals surface area contributed by atoms with Crippen LogP contribution in [0.1, 0.15) is 39.1 Å². The lowest BCUT2D eigenvalue weighted by atomic mass is 10.0. The first-order valence-corrected chi connectivity index (χ1v) is 5.72. The van der Waals surface area contributed by atoms with E-state index in [9.17, 15) is 0 Å². The first kappa shape index (κ1) is 12.2. The summed E-state index contributed by atoms with van der Waals surface area (Å²) in [6, 6.07) is 0.398. The molecule has 15 heavy (non-hydrogen) atoms. The summed E-state index contributed by atoms with van der Waals surface area (Å²) >= 11 is 0. The fraction of sp³-hybridized carbons (Fsp3) is 0.818. The Hall–Kier alpha value is -0.900. The molecule has 0 amide bonds.